The molecule has 0 nitrogen and oxygen atoms in total. The first kappa shape index (κ1) is 10.3. The molecule has 80 valence electrons. The molecule has 0 aromatic carbocycles. The van der Waals surface area contributed by atoms with Crippen molar-refractivity contribution in [1.29, 1.82) is 0 Å². The lowest BCUT2D eigenvalue weighted by Crippen LogP contribution is -2.28. The first-order valence-electron chi connectivity index (χ1n) is 6.48. The van der Waals surface area contributed by atoms with E-state index in [4.69, 9.17) is 0 Å². The van der Waals surface area contributed by atoms with Crippen LogP contribution >= 0.6 is 0 Å². The first-order chi connectivity index (χ1) is 6.87. The van der Waals surface area contributed by atoms with Gasteiger partial charge in [0, 0.05) is 0 Å². The molecular formula is C14H24. The summed E-state index contributed by atoms with van der Waals surface area (Å²) in [6, 6.07) is 0. The Morgan fingerprint density at radius 2 is 1.64 bits per heavy atom. The van der Waals surface area contributed by atoms with E-state index in [9.17, 15) is 0 Å². The van der Waals surface area contributed by atoms with Crippen LogP contribution in [0, 0.1) is 11.3 Å². The van der Waals surface area contributed by atoms with E-state index in [2.05, 4.69) is 12.7 Å². The monoisotopic (exact) mass is 192 g/mol. The summed E-state index contributed by atoms with van der Waals surface area (Å²) in [7, 11) is 0. The van der Waals surface area contributed by atoms with Gasteiger partial charge < -0.3 is 0 Å². The van der Waals surface area contributed by atoms with Gasteiger partial charge in [-0.1, -0.05) is 38.2 Å². The van der Waals surface area contributed by atoms with Gasteiger partial charge in [0.1, 0.15) is 0 Å². The summed E-state index contributed by atoms with van der Waals surface area (Å²) in [5.41, 5.74) is 0.697. The van der Waals surface area contributed by atoms with Gasteiger partial charge in [0.2, 0.25) is 0 Å². The number of rotatable bonds is 3. The molecule has 2 saturated carbocycles. The third-order valence-corrected chi connectivity index (χ3v) is 4.62. The fourth-order valence-corrected chi connectivity index (χ4v) is 3.86. The lowest BCUT2D eigenvalue weighted by atomic mass is 9.66. The van der Waals surface area contributed by atoms with E-state index in [1.165, 1.54) is 64.2 Å². The highest BCUT2D eigenvalue weighted by atomic mass is 14.4. The molecule has 2 rings (SSSR count). The van der Waals surface area contributed by atoms with Gasteiger partial charge in [-0.15, -0.1) is 6.58 Å². The van der Waals surface area contributed by atoms with E-state index in [0.717, 1.165) is 5.92 Å². The van der Waals surface area contributed by atoms with Gasteiger partial charge in [-0.25, -0.2) is 0 Å². The predicted molar refractivity (Wildman–Crippen MR) is 62.3 cm³/mol. The van der Waals surface area contributed by atoms with E-state index in [1.807, 2.05) is 0 Å². The number of hydrogen-bond donors (Lipinski definition) is 0. The van der Waals surface area contributed by atoms with Crippen molar-refractivity contribution in [3.05, 3.63) is 12.7 Å². The van der Waals surface area contributed by atoms with E-state index < -0.39 is 0 Å². The van der Waals surface area contributed by atoms with Crippen LogP contribution in [0.2, 0.25) is 0 Å². The van der Waals surface area contributed by atoms with Crippen LogP contribution < -0.4 is 0 Å². The average Bonchev–Trinajstić information content (AvgIpc) is 2.70. The molecule has 0 unspecified atom stereocenters. The van der Waals surface area contributed by atoms with Crippen molar-refractivity contribution in [2.24, 2.45) is 11.3 Å². The number of hydrogen-bond acceptors (Lipinski definition) is 0. The molecule has 0 amide bonds. The van der Waals surface area contributed by atoms with Crippen LogP contribution in [0.15, 0.2) is 12.7 Å². The van der Waals surface area contributed by atoms with E-state index >= 15 is 0 Å². The molecular weight excluding hydrogens is 168 g/mol. The summed E-state index contributed by atoms with van der Waals surface area (Å²) in [5.74, 6) is 1.04. The molecule has 2 aliphatic carbocycles. The fraction of sp³-hybridized carbons (Fsp3) is 0.857. The Morgan fingerprint density at radius 3 is 2.21 bits per heavy atom. The maximum Gasteiger partial charge on any atom is -0.0235 e. The van der Waals surface area contributed by atoms with Crippen molar-refractivity contribution >= 4 is 0 Å². The molecule has 0 aromatic heterocycles. The molecule has 0 aromatic rings. The highest BCUT2D eigenvalue weighted by molar-refractivity contribution is 4.95. The minimum absolute atomic E-state index is 0.697. The van der Waals surface area contributed by atoms with Gasteiger partial charge in [-0.05, 0) is 43.4 Å². The van der Waals surface area contributed by atoms with Crippen molar-refractivity contribution in [3.8, 4) is 0 Å². The molecule has 0 heterocycles. The van der Waals surface area contributed by atoms with Gasteiger partial charge in [0.05, 0.1) is 0 Å². The topological polar surface area (TPSA) is 0 Å². The Hall–Kier alpha value is -0.260. The molecule has 14 heavy (non-hydrogen) atoms. The average molecular weight is 192 g/mol. The van der Waals surface area contributed by atoms with E-state index in [-0.39, 0.29) is 0 Å². The van der Waals surface area contributed by atoms with Gasteiger partial charge in [0.15, 0.2) is 0 Å². The Kier molecular flexibility index (Phi) is 3.30. The molecule has 0 heteroatoms. The summed E-state index contributed by atoms with van der Waals surface area (Å²) >= 11 is 0. The van der Waals surface area contributed by atoms with Crippen LogP contribution in [-0.2, 0) is 0 Å². The Labute approximate surface area is 88.8 Å². The van der Waals surface area contributed by atoms with E-state index in [1.54, 1.807) is 0 Å². The van der Waals surface area contributed by atoms with Crippen molar-refractivity contribution < 1.29 is 0 Å². The van der Waals surface area contributed by atoms with Gasteiger partial charge in [-0.3, -0.25) is 0 Å². The lowest BCUT2D eigenvalue weighted by Gasteiger charge is -2.39. The maximum atomic E-state index is 3.96. The normalized spacial score (nSPS) is 27.7. The predicted octanol–water partition coefficient (Wildman–Crippen LogP) is 4.70. The summed E-state index contributed by atoms with van der Waals surface area (Å²) in [4.78, 5) is 0. The zero-order chi connectivity index (χ0) is 9.86. The summed E-state index contributed by atoms with van der Waals surface area (Å²) in [6.07, 6.45) is 16.9. The third kappa shape index (κ3) is 1.89. The quantitative estimate of drug-likeness (QED) is 0.568. The fourth-order valence-electron chi connectivity index (χ4n) is 3.86. The molecule has 2 fully saturated rings. The van der Waals surface area contributed by atoms with Crippen LogP contribution in [0.1, 0.15) is 64.2 Å². The molecule has 0 atom stereocenters. The highest BCUT2D eigenvalue weighted by Crippen LogP contribution is 2.51. The Balaban J connectivity index is 2.04. The van der Waals surface area contributed by atoms with Gasteiger partial charge >= 0.3 is 0 Å². The first-order valence-corrected chi connectivity index (χ1v) is 6.48. The lowest BCUT2D eigenvalue weighted by molar-refractivity contribution is 0.125. The zero-order valence-electron chi connectivity index (χ0n) is 9.43. The molecule has 0 radical (unpaired) electrons. The molecule has 0 N–H and O–H groups in total. The molecule has 0 bridgehead atoms. The van der Waals surface area contributed by atoms with Crippen molar-refractivity contribution in [3.63, 3.8) is 0 Å². The van der Waals surface area contributed by atoms with E-state index in [0.29, 0.717) is 5.41 Å². The second kappa shape index (κ2) is 4.51. The molecule has 0 saturated heterocycles. The number of allylic oxidation sites excluding steroid dienone is 1. The van der Waals surface area contributed by atoms with Crippen LogP contribution in [0.25, 0.3) is 0 Å². The van der Waals surface area contributed by atoms with Crippen LogP contribution in [0.4, 0.5) is 0 Å². The zero-order valence-corrected chi connectivity index (χ0v) is 9.43. The summed E-state index contributed by atoms with van der Waals surface area (Å²) in [6.45, 7) is 3.96. The molecule has 2 aliphatic rings. The largest absolute Gasteiger partial charge is 0.103 e. The third-order valence-electron chi connectivity index (χ3n) is 4.62. The molecule has 0 aliphatic heterocycles. The Morgan fingerprint density at radius 1 is 1.00 bits per heavy atom. The highest BCUT2D eigenvalue weighted by Gasteiger charge is 2.39. The molecule has 0 spiro atoms. The van der Waals surface area contributed by atoms with Crippen molar-refractivity contribution in [2.45, 2.75) is 64.2 Å². The summed E-state index contributed by atoms with van der Waals surface area (Å²) in [5, 5.41) is 0. The van der Waals surface area contributed by atoms with Crippen molar-refractivity contribution in [2.75, 3.05) is 0 Å². The SMILES string of the molecule is C=CCC1(C2CCCCC2)CCCC1. The van der Waals surface area contributed by atoms with Crippen LogP contribution in [-0.4, -0.2) is 0 Å². The minimum Gasteiger partial charge on any atom is -0.103 e. The second-order valence-electron chi connectivity index (χ2n) is 5.40. The smallest absolute Gasteiger partial charge is 0.0235 e. The second-order valence-corrected chi connectivity index (χ2v) is 5.40. The van der Waals surface area contributed by atoms with Crippen LogP contribution in [0.3, 0.4) is 0 Å². The standard InChI is InChI=1S/C14H24/c1-2-10-14(11-6-7-12-14)13-8-4-3-5-9-13/h2,13H,1,3-12H2. The van der Waals surface area contributed by atoms with Gasteiger partial charge in [0.25, 0.3) is 0 Å². The van der Waals surface area contributed by atoms with Gasteiger partial charge in [-0.2, -0.15) is 0 Å². The minimum atomic E-state index is 0.697. The Bertz CT molecular complexity index is 180. The van der Waals surface area contributed by atoms with Crippen LogP contribution in [0.5, 0.6) is 0 Å². The van der Waals surface area contributed by atoms with Crippen molar-refractivity contribution in [1.82, 2.24) is 0 Å². The summed E-state index contributed by atoms with van der Waals surface area (Å²) < 4.78 is 0. The maximum absolute atomic E-state index is 3.96.